The number of ether oxygens (including phenoxy) is 1. The monoisotopic (exact) mass is 366 g/mol. The van der Waals surface area contributed by atoms with Gasteiger partial charge in [0.1, 0.15) is 12.0 Å². The second-order valence-corrected chi connectivity index (χ2v) is 3.93. The maximum atomic E-state index is 5.53. The molecular formula is C11H19IN4O2. The molecule has 1 aromatic heterocycles. The molecule has 1 atom stereocenters. The van der Waals surface area contributed by atoms with Crippen LogP contribution in [0.1, 0.15) is 18.5 Å². The number of hydrogen-bond donors (Lipinski definition) is 2. The van der Waals surface area contributed by atoms with E-state index in [9.17, 15) is 0 Å². The Morgan fingerprint density at radius 3 is 3.06 bits per heavy atom. The van der Waals surface area contributed by atoms with E-state index in [0.29, 0.717) is 12.6 Å². The zero-order chi connectivity index (χ0) is 11.9. The van der Waals surface area contributed by atoms with Gasteiger partial charge in [-0.15, -0.1) is 24.0 Å². The van der Waals surface area contributed by atoms with Crippen molar-refractivity contribution in [2.75, 3.05) is 20.2 Å². The van der Waals surface area contributed by atoms with E-state index in [0.717, 1.165) is 37.6 Å². The molecule has 0 spiro atoms. The largest absolute Gasteiger partial charge is 0.376 e. The number of halogens is 1. The Morgan fingerprint density at radius 1 is 1.56 bits per heavy atom. The van der Waals surface area contributed by atoms with Gasteiger partial charge in [0.05, 0.1) is 12.6 Å². The Balaban J connectivity index is 0.00000162. The summed E-state index contributed by atoms with van der Waals surface area (Å²) in [5, 5.41) is 10.2. The van der Waals surface area contributed by atoms with Crippen molar-refractivity contribution >= 4 is 29.9 Å². The fourth-order valence-corrected chi connectivity index (χ4v) is 1.74. The molecule has 2 rings (SSSR count). The first-order valence-corrected chi connectivity index (χ1v) is 5.84. The molecule has 1 saturated heterocycles. The number of hydrogen-bond acceptors (Lipinski definition) is 4. The summed E-state index contributed by atoms with van der Waals surface area (Å²) in [6, 6.07) is 1.82. The van der Waals surface area contributed by atoms with Crippen LogP contribution in [-0.2, 0) is 11.3 Å². The van der Waals surface area contributed by atoms with Crippen LogP contribution in [0.3, 0.4) is 0 Å². The van der Waals surface area contributed by atoms with Crippen LogP contribution in [0.25, 0.3) is 0 Å². The van der Waals surface area contributed by atoms with Crippen LogP contribution >= 0.6 is 24.0 Å². The van der Waals surface area contributed by atoms with Gasteiger partial charge >= 0.3 is 0 Å². The normalized spacial score (nSPS) is 19.4. The van der Waals surface area contributed by atoms with E-state index < -0.39 is 0 Å². The number of guanidine groups is 1. The fraction of sp³-hybridized carbons (Fsp3) is 0.636. The van der Waals surface area contributed by atoms with Crippen molar-refractivity contribution in [1.82, 2.24) is 15.8 Å². The van der Waals surface area contributed by atoms with Crippen molar-refractivity contribution < 1.29 is 9.26 Å². The zero-order valence-electron chi connectivity index (χ0n) is 10.4. The molecule has 1 fully saturated rings. The van der Waals surface area contributed by atoms with Crippen molar-refractivity contribution in [3.8, 4) is 0 Å². The molecule has 0 bridgehead atoms. The Hall–Kier alpha value is -0.830. The van der Waals surface area contributed by atoms with Gasteiger partial charge in [0, 0.05) is 26.3 Å². The van der Waals surface area contributed by atoms with Gasteiger partial charge in [0.25, 0.3) is 0 Å². The number of nitrogens with one attached hydrogen (secondary N) is 2. The van der Waals surface area contributed by atoms with Crippen molar-refractivity contribution in [2.45, 2.75) is 25.5 Å². The van der Waals surface area contributed by atoms with Crippen LogP contribution in [0.5, 0.6) is 0 Å². The predicted octanol–water partition coefficient (Wildman–Crippen LogP) is 1.14. The molecule has 0 radical (unpaired) electrons. The summed E-state index contributed by atoms with van der Waals surface area (Å²) in [5.74, 6) is 0.753. The van der Waals surface area contributed by atoms with Crippen molar-refractivity contribution in [2.24, 2.45) is 4.99 Å². The summed E-state index contributed by atoms with van der Waals surface area (Å²) in [6.07, 6.45) is 4.13. The lowest BCUT2D eigenvalue weighted by Gasteiger charge is -2.14. The molecular weight excluding hydrogens is 347 g/mol. The molecule has 0 saturated carbocycles. The van der Waals surface area contributed by atoms with E-state index in [1.807, 2.05) is 6.07 Å². The van der Waals surface area contributed by atoms with Gasteiger partial charge < -0.3 is 19.9 Å². The molecule has 7 heteroatoms. The molecule has 102 valence electrons. The maximum absolute atomic E-state index is 5.53. The fourth-order valence-electron chi connectivity index (χ4n) is 1.74. The van der Waals surface area contributed by atoms with Crippen molar-refractivity contribution in [3.63, 3.8) is 0 Å². The van der Waals surface area contributed by atoms with Crippen LogP contribution in [-0.4, -0.2) is 37.4 Å². The van der Waals surface area contributed by atoms with Gasteiger partial charge in [-0.2, -0.15) is 0 Å². The topological polar surface area (TPSA) is 71.7 Å². The van der Waals surface area contributed by atoms with Gasteiger partial charge in [-0.25, -0.2) is 0 Å². The summed E-state index contributed by atoms with van der Waals surface area (Å²) in [6.45, 7) is 2.26. The Bertz CT molecular complexity index is 350. The second kappa shape index (κ2) is 8.30. The molecule has 0 aliphatic carbocycles. The molecule has 2 heterocycles. The highest BCUT2D eigenvalue weighted by Gasteiger charge is 2.15. The van der Waals surface area contributed by atoms with E-state index in [-0.39, 0.29) is 24.0 Å². The molecule has 18 heavy (non-hydrogen) atoms. The van der Waals surface area contributed by atoms with E-state index >= 15 is 0 Å². The van der Waals surface area contributed by atoms with E-state index in [1.165, 1.54) is 0 Å². The van der Waals surface area contributed by atoms with E-state index in [2.05, 4.69) is 20.8 Å². The van der Waals surface area contributed by atoms with Gasteiger partial charge in [0.2, 0.25) is 0 Å². The summed E-state index contributed by atoms with van der Waals surface area (Å²) >= 11 is 0. The Morgan fingerprint density at radius 2 is 2.44 bits per heavy atom. The van der Waals surface area contributed by atoms with Gasteiger partial charge in [-0.1, -0.05) is 5.16 Å². The van der Waals surface area contributed by atoms with Crippen LogP contribution in [0.2, 0.25) is 0 Å². The lowest BCUT2D eigenvalue weighted by Crippen LogP contribution is -2.40. The van der Waals surface area contributed by atoms with E-state index in [1.54, 1.807) is 13.3 Å². The Labute approximate surface area is 124 Å². The zero-order valence-corrected chi connectivity index (χ0v) is 12.7. The predicted molar refractivity (Wildman–Crippen MR) is 79.1 cm³/mol. The summed E-state index contributed by atoms with van der Waals surface area (Å²) in [5.41, 5.74) is 0.852. The van der Waals surface area contributed by atoms with Crippen LogP contribution in [0.15, 0.2) is 21.8 Å². The van der Waals surface area contributed by atoms with Crippen LogP contribution < -0.4 is 10.6 Å². The molecule has 1 unspecified atom stereocenters. The molecule has 1 aliphatic heterocycles. The first-order chi connectivity index (χ1) is 8.38. The highest BCUT2D eigenvalue weighted by molar-refractivity contribution is 14.0. The third-order valence-electron chi connectivity index (χ3n) is 2.67. The summed E-state index contributed by atoms with van der Waals surface area (Å²) in [4.78, 5) is 4.13. The minimum atomic E-state index is 0. The first-order valence-electron chi connectivity index (χ1n) is 5.84. The standard InChI is InChI=1S/C11H18N4O2.HI/c1-12-11(13-7-9-4-6-17-15-9)14-8-10-3-2-5-16-10;/h4,6,10H,2-3,5,7-8H2,1H3,(H2,12,13,14);1H. The van der Waals surface area contributed by atoms with Gasteiger partial charge in [-0.3, -0.25) is 4.99 Å². The average molecular weight is 366 g/mol. The lowest BCUT2D eigenvalue weighted by atomic mass is 10.2. The van der Waals surface area contributed by atoms with Crippen molar-refractivity contribution in [1.29, 1.82) is 0 Å². The smallest absolute Gasteiger partial charge is 0.191 e. The van der Waals surface area contributed by atoms with Crippen molar-refractivity contribution in [3.05, 3.63) is 18.0 Å². The molecule has 0 amide bonds. The third-order valence-corrected chi connectivity index (χ3v) is 2.67. The first kappa shape index (κ1) is 15.2. The molecule has 0 aromatic carbocycles. The SMILES string of the molecule is CN=C(NCc1ccon1)NCC1CCCO1.I. The molecule has 1 aliphatic rings. The number of aliphatic imine (C=N–C) groups is 1. The average Bonchev–Trinajstić information content (AvgIpc) is 3.02. The van der Waals surface area contributed by atoms with E-state index in [4.69, 9.17) is 9.26 Å². The number of nitrogens with zero attached hydrogens (tertiary/aromatic N) is 2. The van der Waals surface area contributed by atoms with Gasteiger partial charge in [-0.05, 0) is 12.8 Å². The lowest BCUT2D eigenvalue weighted by molar-refractivity contribution is 0.114. The number of rotatable bonds is 4. The minimum absolute atomic E-state index is 0. The highest BCUT2D eigenvalue weighted by atomic mass is 127. The molecule has 2 N–H and O–H groups in total. The third kappa shape index (κ3) is 4.81. The number of aromatic nitrogens is 1. The van der Waals surface area contributed by atoms with Crippen LogP contribution in [0, 0.1) is 0 Å². The van der Waals surface area contributed by atoms with Crippen LogP contribution in [0.4, 0.5) is 0 Å². The summed E-state index contributed by atoms with van der Waals surface area (Å²) in [7, 11) is 1.74. The molecule has 1 aromatic rings. The highest BCUT2D eigenvalue weighted by Crippen LogP contribution is 2.10. The quantitative estimate of drug-likeness (QED) is 0.475. The summed E-state index contributed by atoms with van der Waals surface area (Å²) < 4.78 is 10.3. The maximum Gasteiger partial charge on any atom is 0.191 e. The second-order valence-electron chi connectivity index (χ2n) is 3.93. The van der Waals surface area contributed by atoms with Gasteiger partial charge in [0.15, 0.2) is 5.96 Å². The Kier molecular flexibility index (Phi) is 7.02. The molecule has 6 nitrogen and oxygen atoms in total. The minimum Gasteiger partial charge on any atom is -0.376 e.